The van der Waals surface area contributed by atoms with Crippen molar-refractivity contribution in [2.45, 2.75) is 6.41 Å². The Balaban J connectivity index is 2.72. The fourth-order valence-corrected chi connectivity index (χ4v) is 0.282. The molecule has 8 heavy (non-hydrogen) atoms. The number of aliphatic hydroxyl groups is 1. The van der Waals surface area contributed by atoms with E-state index in [1.54, 1.807) is 7.05 Å². The number of nitrogens with two attached hydrogens (primary N) is 1. The summed E-state index contributed by atoms with van der Waals surface area (Å²) in [7, 11) is 1.80. The van der Waals surface area contributed by atoms with Crippen molar-refractivity contribution in [3.63, 3.8) is 0 Å². The molecule has 0 amide bonds. The third kappa shape index (κ3) is 5.84. The number of likely N-dealkylation sites (N-methyl/N-ethyl adjacent to an activating group) is 1. The molecule has 0 aromatic rings. The lowest BCUT2D eigenvalue weighted by molar-refractivity contribution is -0.0919. The third-order valence-corrected chi connectivity index (χ3v) is 0.641. The minimum absolute atomic E-state index is 0.439. The highest BCUT2D eigenvalue weighted by Crippen LogP contribution is 1.72. The summed E-state index contributed by atoms with van der Waals surface area (Å²) in [5.74, 6) is 0. The zero-order valence-electron chi connectivity index (χ0n) is 4.92. The summed E-state index contributed by atoms with van der Waals surface area (Å²) in [6.07, 6.45) is -1.14. The number of aliphatic hydroxyl groups excluding tert-OH is 1. The summed E-state index contributed by atoms with van der Waals surface area (Å²) in [5.41, 5.74) is 4.84. The van der Waals surface area contributed by atoms with E-state index in [2.05, 4.69) is 10.1 Å². The highest BCUT2D eigenvalue weighted by molar-refractivity contribution is 4.33. The van der Waals surface area contributed by atoms with Crippen molar-refractivity contribution in [3.05, 3.63) is 0 Å². The summed E-state index contributed by atoms with van der Waals surface area (Å²) in [6.45, 7) is 1.14. The van der Waals surface area contributed by atoms with Gasteiger partial charge in [0.25, 0.3) is 0 Å². The van der Waals surface area contributed by atoms with Crippen LogP contribution in [0.2, 0.25) is 0 Å². The van der Waals surface area contributed by atoms with Crippen LogP contribution in [0.1, 0.15) is 0 Å². The van der Waals surface area contributed by atoms with Crippen LogP contribution in [0.4, 0.5) is 0 Å². The van der Waals surface area contributed by atoms with E-state index in [9.17, 15) is 0 Å². The monoisotopic (exact) mass is 120 g/mol. The SMILES string of the molecule is CNCCOC(N)O. The lowest BCUT2D eigenvalue weighted by Crippen LogP contribution is -2.26. The van der Waals surface area contributed by atoms with Gasteiger partial charge in [0.2, 0.25) is 6.41 Å². The molecule has 0 fully saturated rings. The summed E-state index contributed by atoms with van der Waals surface area (Å²) in [6, 6.07) is 0. The number of hydrogen-bond acceptors (Lipinski definition) is 4. The number of hydrogen-bond donors (Lipinski definition) is 3. The van der Waals surface area contributed by atoms with Gasteiger partial charge in [0.1, 0.15) is 0 Å². The molecule has 4 heteroatoms. The Bertz CT molecular complexity index is 49.3. The molecular weight excluding hydrogens is 108 g/mol. The molecule has 0 heterocycles. The highest BCUT2D eigenvalue weighted by atomic mass is 16.6. The van der Waals surface area contributed by atoms with Crippen LogP contribution in [0.15, 0.2) is 0 Å². The Labute approximate surface area is 48.6 Å². The van der Waals surface area contributed by atoms with Gasteiger partial charge in [-0.05, 0) is 7.05 Å². The Morgan fingerprint density at radius 2 is 2.50 bits per heavy atom. The topological polar surface area (TPSA) is 67.5 Å². The molecule has 1 atom stereocenters. The molecular formula is C4H12N2O2. The van der Waals surface area contributed by atoms with Crippen molar-refractivity contribution in [1.29, 1.82) is 0 Å². The van der Waals surface area contributed by atoms with Crippen molar-refractivity contribution in [1.82, 2.24) is 5.32 Å². The largest absolute Gasteiger partial charge is 0.356 e. The Morgan fingerprint density at radius 1 is 1.88 bits per heavy atom. The molecule has 0 saturated heterocycles. The summed E-state index contributed by atoms with van der Waals surface area (Å²) < 4.78 is 4.55. The maximum atomic E-state index is 8.31. The first-order chi connectivity index (χ1) is 3.77. The lowest BCUT2D eigenvalue weighted by Gasteiger charge is -2.04. The Kier molecular flexibility index (Phi) is 4.89. The van der Waals surface area contributed by atoms with Crippen LogP contribution in [0.5, 0.6) is 0 Å². The van der Waals surface area contributed by atoms with Gasteiger partial charge in [0, 0.05) is 6.54 Å². The van der Waals surface area contributed by atoms with Crippen molar-refractivity contribution < 1.29 is 9.84 Å². The van der Waals surface area contributed by atoms with Gasteiger partial charge in [-0.1, -0.05) is 0 Å². The quantitative estimate of drug-likeness (QED) is 0.310. The second-order valence-corrected chi connectivity index (χ2v) is 1.36. The minimum Gasteiger partial charge on any atom is -0.356 e. The summed E-state index contributed by atoms with van der Waals surface area (Å²) in [4.78, 5) is 0. The second kappa shape index (κ2) is 4.99. The first kappa shape index (κ1) is 7.84. The van der Waals surface area contributed by atoms with E-state index < -0.39 is 6.41 Å². The number of rotatable bonds is 4. The fourth-order valence-electron chi connectivity index (χ4n) is 0.282. The molecule has 0 radical (unpaired) electrons. The Hall–Kier alpha value is -0.160. The average Bonchev–Trinajstić information content (AvgIpc) is 1.66. The molecule has 50 valence electrons. The van der Waals surface area contributed by atoms with Gasteiger partial charge in [-0.2, -0.15) is 0 Å². The first-order valence-electron chi connectivity index (χ1n) is 2.47. The van der Waals surface area contributed by atoms with Crippen molar-refractivity contribution in [3.8, 4) is 0 Å². The van der Waals surface area contributed by atoms with Gasteiger partial charge in [0.15, 0.2) is 0 Å². The molecule has 0 aromatic heterocycles. The minimum atomic E-state index is -1.14. The number of nitrogens with one attached hydrogen (secondary N) is 1. The normalized spacial score (nSPS) is 13.9. The van der Waals surface area contributed by atoms with Gasteiger partial charge in [-0.3, -0.25) is 5.73 Å². The van der Waals surface area contributed by atoms with Gasteiger partial charge in [0.05, 0.1) is 6.61 Å². The van der Waals surface area contributed by atoms with E-state index in [0.29, 0.717) is 13.2 Å². The van der Waals surface area contributed by atoms with Gasteiger partial charge < -0.3 is 15.2 Å². The van der Waals surface area contributed by atoms with Gasteiger partial charge in [-0.25, -0.2) is 0 Å². The van der Waals surface area contributed by atoms with Crippen LogP contribution in [-0.4, -0.2) is 31.7 Å². The molecule has 0 aliphatic rings. The molecule has 0 saturated carbocycles. The van der Waals surface area contributed by atoms with E-state index in [0.717, 1.165) is 0 Å². The highest BCUT2D eigenvalue weighted by Gasteiger charge is 1.90. The van der Waals surface area contributed by atoms with Gasteiger partial charge >= 0.3 is 0 Å². The third-order valence-electron chi connectivity index (χ3n) is 0.641. The Morgan fingerprint density at radius 3 is 2.88 bits per heavy atom. The van der Waals surface area contributed by atoms with E-state index in [-0.39, 0.29) is 0 Å². The molecule has 4 nitrogen and oxygen atoms in total. The van der Waals surface area contributed by atoms with Crippen molar-refractivity contribution >= 4 is 0 Å². The zero-order valence-corrected chi connectivity index (χ0v) is 4.92. The molecule has 1 unspecified atom stereocenters. The molecule has 0 spiro atoms. The van der Waals surface area contributed by atoms with Gasteiger partial charge in [-0.15, -0.1) is 0 Å². The van der Waals surface area contributed by atoms with E-state index >= 15 is 0 Å². The molecule has 0 bridgehead atoms. The average molecular weight is 120 g/mol. The smallest absolute Gasteiger partial charge is 0.210 e. The fraction of sp³-hybridized carbons (Fsp3) is 1.00. The van der Waals surface area contributed by atoms with Crippen LogP contribution in [0, 0.1) is 0 Å². The standard InChI is InChI=1S/C4H12N2O2/c1-6-2-3-8-4(5)7/h4,6-7H,2-3,5H2,1H3. The van der Waals surface area contributed by atoms with E-state index in [1.165, 1.54) is 0 Å². The maximum Gasteiger partial charge on any atom is 0.210 e. The summed E-state index contributed by atoms with van der Waals surface area (Å²) in [5, 5.41) is 11.1. The predicted molar refractivity (Wildman–Crippen MR) is 30.1 cm³/mol. The van der Waals surface area contributed by atoms with Crippen molar-refractivity contribution in [2.75, 3.05) is 20.2 Å². The van der Waals surface area contributed by atoms with Crippen LogP contribution >= 0.6 is 0 Å². The predicted octanol–water partition coefficient (Wildman–Crippen LogP) is -1.54. The molecule has 0 aliphatic carbocycles. The van der Waals surface area contributed by atoms with Crippen LogP contribution in [0.3, 0.4) is 0 Å². The zero-order chi connectivity index (χ0) is 6.41. The van der Waals surface area contributed by atoms with Crippen LogP contribution < -0.4 is 11.1 Å². The summed E-state index contributed by atoms with van der Waals surface area (Å²) >= 11 is 0. The number of ether oxygens (including phenoxy) is 1. The first-order valence-corrected chi connectivity index (χ1v) is 2.47. The maximum absolute atomic E-state index is 8.31. The molecule has 0 rings (SSSR count). The van der Waals surface area contributed by atoms with E-state index in [1.807, 2.05) is 0 Å². The lowest BCUT2D eigenvalue weighted by atomic mass is 10.7. The molecule has 0 aromatic carbocycles. The van der Waals surface area contributed by atoms with Crippen LogP contribution in [-0.2, 0) is 4.74 Å². The second-order valence-electron chi connectivity index (χ2n) is 1.36. The van der Waals surface area contributed by atoms with Crippen LogP contribution in [0.25, 0.3) is 0 Å². The molecule has 4 N–H and O–H groups in total. The van der Waals surface area contributed by atoms with Crippen molar-refractivity contribution in [2.24, 2.45) is 5.73 Å². The van der Waals surface area contributed by atoms with E-state index in [4.69, 9.17) is 10.8 Å². The molecule has 0 aliphatic heterocycles.